The molecule has 4 atom stereocenters. The predicted octanol–water partition coefficient (Wildman–Crippen LogP) is 16.4. The van der Waals surface area contributed by atoms with Crippen LogP contribution >= 0.6 is 15.6 Å². The van der Waals surface area contributed by atoms with E-state index >= 15 is 0 Å². The Balaban J connectivity index is 5.83. The van der Waals surface area contributed by atoms with E-state index in [1.807, 2.05) is 0 Å². The predicted molar refractivity (Wildman–Crippen MR) is 329 cm³/mol. The van der Waals surface area contributed by atoms with E-state index in [2.05, 4.69) is 57.7 Å². The highest BCUT2D eigenvalue weighted by Crippen LogP contribution is 2.50. The summed E-state index contributed by atoms with van der Waals surface area (Å²) >= 11 is 0. The highest BCUT2D eigenvalue weighted by atomic mass is 31.2. The molecule has 0 radical (unpaired) electrons. The highest BCUT2D eigenvalue weighted by Gasteiger charge is 2.32. The SMILES string of the molecule is C=CCOC(=O)C(CCCCCCOP(=O)(OCC=C)OCC=C)C(=O)NCCOP(=O)(OCC=C)OCC(NC(=O)CCCCCCCCCCCCC)C(=O)CCCC(CCCCCCC)OC(=O)CCCCCCCCCCC. The Morgan fingerprint density at radius 2 is 0.878 bits per heavy atom. The molecule has 0 bridgehead atoms. The van der Waals surface area contributed by atoms with Crippen molar-refractivity contribution in [2.75, 3.05) is 52.8 Å². The molecule has 0 fully saturated rings. The van der Waals surface area contributed by atoms with Gasteiger partial charge in [-0.1, -0.05) is 212 Å². The molecule has 19 heteroatoms. The van der Waals surface area contributed by atoms with Crippen LogP contribution in [-0.2, 0) is 69.7 Å². The third kappa shape index (κ3) is 46.1. The summed E-state index contributed by atoms with van der Waals surface area (Å²) in [6.45, 7) is 19.5. The number of nitrogens with one attached hydrogen (secondary N) is 2. The van der Waals surface area contributed by atoms with E-state index in [9.17, 15) is 33.1 Å². The van der Waals surface area contributed by atoms with Crippen LogP contribution in [0.1, 0.15) is 252 Å². The van der Waals surface area contributed by atoms with E-state index in [1.165, 1.54) is 108 Å². The highest BCUT2D eigenvalue weighted by molar-refractivity contribution is 7.48. The van der Waals surface area contributed by atoms with Gasteiger partial charge in [-0.2, -0.15) is 0 Å². The number of Topliss-reactive ketones (excluding diaryl/α,β-unsaturated/α-hetero) is 1. The van der Waals surface area contributed by atoms with Gasteiger partial charge in [0.1, 0.15) is 24.7 Å². The first-order chi connectivity index (χ1) is 39.8. The molecule has 0 aliphatic rings. The molecule has 17 nitrogen and oxygen atoms in total. The van der Waals surface area contributed by atoms with Crippen LogP contribution in [0, 0.1) is 5.92 Å². The van der Waals surface area contributed by atoms with Crippen molar-refractivity contribution in [1.82, 2.24) is 10.6 Å². The molecular weight excluding hydrogens is 1090 g/mol. The number of amides is 2. The average molecular weight is 1200 g/mol. The number of hydrogen-bond acceptors (Lipinski definition) is 15. The minimum Gasteiger partial charge on any atom is -0.462 e. The van der Waals surface area contributed by atoms with E-state index in [0.717, 1.165) is 70.6 Å². The van der Waals surface area contributed by atoms with Gasteiger partial charge >= 0.3 is 27.6 Å². The Kier molecular flexibility index (Phi) is 53.4. The summed E-state index contributed by atoms with van der Waals surface area (Å²) in [6, 6.07) is -1.19. The number of ketones is 1. The van der Waals surface area contributed by atoms with E-state index in [-0.39, 0.29) is 89.2 Å². The van der Waals surface area contributed by atoms with Crippen molar-refractivity contribution in [2.45, 2.75) is 264 Å². The topological polar surface area (TPSA) is 217 Å². The Hall–Kier alpha value is -3.27. The van der Waals surface area contributed by atoms with Crippen LogP contribution in [0.15, 0.2) is 50.6 Å². The summed E-state index contributed by atoms with van der Waals surface area (Å²) in [6.07, 6.45) is 37.9. The second kappa shape index (κ2) is 55.6. The maximum absolute atomic E-state index is 14.1. The number of ether oxygens (including phenoxy) is 2. The number of carbonyl (C=O) groups is 5. The van der Waals surface area contributed by atoms with Crippen LogP contribution in [0.4, 0.5) is 0 Å². The first kappa shape index (κ1) is 78.7. The van der Waals surface area contributed by atoms with Gasteiger partial charge in [-0.15, -0.1) is 19.7 Å². The fourth-order valence-electron chi connectivity index (χ4n) is 9.03. The maximum atomic E-state index is 14.1. The summed E-state index contributed by atoms with van der Waals surface area (Å²) in [5.41, 5.74) is 0. The second-order valence-corrected chi connectivity index (χ2v) is 24.6. The van der Waals surface area contributed by atoms with Gasteiger partial charge in [-0.3, -0.25) is 51.1 Å². The Morgan fingerprint density at radius 1 is 0.451 bits per heavy atom. The lowest BCUT2D eigenvalue weighted by Gasteiger charge is -2.23. The normalized spacial score (nSPS) is 13.3. The summed E-state index contributed by atoms with van der Waals surface area (Å²) in [4.78, 5) is 67.0. The van der Waals surface area contributed by atoms with Crippen LogP contribution in [0.3, 0.4) is 0 Å². The molecule has 476 valence electrons. The Morgan fingerprint density at radius 3 is 1.39 bits per heavy atom. The number of phosphoric acid groups is 2. The first-order valence-corrected chi connectivity index (χ1v) is 34.7. The van der Waals surface area contributed by atoms with Crippen molar-refractivity contribution in [3.63, 3.8) is 0 Å². The molecule has 0 aromatic heterocycles. The van der Waals surface area contributed by atoms with Crippen LogP contribution in [0.2, 0.25) is 0 Å². The quantitative estimate of drug-likeness (QED) is 0.0190. The lowest BCUT2D eigenvalue weighted by atomic mass is 10.00. The lowest BCUT2D eigenvalue weighted by molar-refractivity contribution is -0.152. The van der Waals surface area contributed by atoms with Gasteiger partial charge in [-0.05, 0) is 51.4 Å². The number of hydrogen-bond donors (Lipinski definition) is 2. The molecule has 2 N–H and O–H groups in total. The van der Waals surface area contributed by atoms with E-state index in [4.69, 9.17) is 36.6 Å². The Bertz CT molecular complexity index is 1770. The van der Waals surface area contributed by atoms with Gasteiger partial charge in [-0.25, -0.2) is 9.13 Å². The molecule has 0 saturated carbocycles. The molecule has 0 heterocycles. The van der Waals surface area contributed by atoms with Gasteiger partial charge in [0.25, 0.3) is 0 Å². The monoisotopic (exact) mass is 1200 g/mol. The number of phosphoric ester groups is 2. The molecule has 2 amide bonds. The first-order valence-electron chi connectivity index (χ1n) is 31.7. The molecular formula is C63H114N2O15P2. The Labute approximate surface area is 497 Å². The van der Waals surface area contributed by atoms with Crippen molar-refractivity contribution in [1.29, 1.82) is 0 Å². The summed E-state index contributed by atoms with van der Waals surface area (Å²) in [5, 5.41) is 5.48. The summed E-state index contributed by atoms with van der Waals surface area (Å²) in [7, 11) is -8.23. The lowest BCUT2D eigenvalue weighted by Crippen LogP contribution is -2.44. The molecule has 4 unspecified atom stereocenters. The van der Waals surface area contributed by atoms with Gasteiger partial charge in [0.2, 0.25) is 11.8 Å². The zero-order valence-corrected chi connectivity index (χ0v) is 53.3. The minimum atomic E-state index is -4.43. The molecule has 0 spiro atoms. The van der Waals surface area contributed by atoms with Gasteiger partial charge < -0.3 is 20.1 Å². The zero-order valence-electron chi connectivity index (χ0n) is 51.5. The molecule has 0 aromatic rings. The maximum Gasteiger partial charge on any atom is 0.475 e. The molecule has 0 saturated heterocycles. The van der Waals surface area contributed by atoms with Crippen molar-refractivity contribution < 1.29 is 69.7 Å². The third-order valence-electron chi connectivity index (χ3n) is 13.8. The third-order valence-corrected chi connectivity index (χ3v) is 16.6. The van der Waals surface area contributed by atoms with Crippen LogP contribution in [-0.4, -0.2) is 94.5 Å². The fourth-order valence-corrected chi connectivity index (χ4v) is 11.3. The standard InChI is InChI=1S/C63H114N2O15P2/c1-8-15-18-21-23-25-26-28-29-32-38-46-60(67)65-58(59(66)45-41-43-56(42-36-31-20-17-10-3)80-61(68)47-39-33-30-27-24-22-19-16-9-2)55-79-82(72,76-52-14-7)78-54-48-64-62(69)57(63(70)73-49-11-4)44-37-34-35-40-53-77-81(71,74-50-12-5)75-51-13-6/h11-14,56-58H,4-10,15-55H2,1-3H3,(H,64,69)(H,65,67). The van der Waals surface area contributed by atoms with E-state index < -0.39 is 46.1 Å². The van der Waals surface area contributed by atoms with Crippen LogP contribution in [0.25, 0.3) is 0 Å². The molecule has 82 heavy (non-hydrogen) atoms. The molecule has 0 rings (SSSR count). The summed E-state index contributed by atoms with van der Waals surface area (Å²) in [5.74, 6) is -3.43. The largest absolute Gasteiger partial charge is 0.475 e. The number of carbonyl (C=O) groups excluding carboxylic acids is 5. The van der Waals surface area contributed by atoms with Crippen molar-refractivity contribution >= 4 is 45.2 Å². The van der Waals surface area contributed by atoms with Crippen molar-refractivity contribution in [2.24, 2.45) is 5.92 Å². The van der Waals surface area contributed by atoms with Gasteiger partial charge in [0.05, 0.1) is 39.6 Å². The van der Waals surface area contributed by atoms with Gasteiger partial charge in [0, 0.05) is 25.8 Å². The van der Waals surface area contributed by atoms with Crippen molar-refractivity contribution in [3.8, 4) is 0 Å². The van der Waals surface area contributed by atoms with Crippen molar-refractivity contribution in [3.05, 3.63) is 50.6 Å². The summed E-state index contributed by atoms with van der Waals surface area (Å²) < 4.78 is 70.9. The fraction of sp³-hybridized carbons (Fsp3) is 0.794. The average Bonchev–Trinajstić information content (AvgIpc) is 3.48. The second-order valence-electron chi connectivity index (χ2n) is 21.2. The molecule has 0 aliphatic heterocycles. The van der Waals surface area contributed by atoms with E-state index in [0.29, 0.717) is 57.8 Å². The number of unbranched alkanes of at least 4 members (excludes halogenated alkanes) is 25. The van der Waals surface area contributed by atoms with Crippen LogP contribution in [0.5, 0.6) is 0 Å². The smallest absolute Gasteiger partial charge is 0.462 e. The van der Waals surface area contributed by atoms with Crippen LogP contribution < -0.4 is 10.6 Å². The number of esters is 2. The number of rotatable bonds is 63. The minimum absolute atomic E-state index is 0.0195. The van der Waals surface area contributed by atoms with Gasteiger partial charge in [0.15, 0.2) is 5.78 Å². The zero-order chi connectivity index (χ0) is 60.6. The molecule has 0 aromatic carbocycles. The van der Waals surface area contributed by atoms with E-state index in [1.54, 1.807) is 0 Å². The molecule has 0 aliphatic carbocycles.